The average molecular weight is 439 g/mol. The van der Waals surface area contributed by atoms with Gasteiger partial charge in [0.15, 0.2) is 4.91 Å². The van der Waals surface area contributed by atoms with Gasteiger partial charge in [-0.3, -0.25) is 9.10 Å². The molecule has 1 aliphatic heterocycles. The first-order valence-electron chi connectivity index (χ1n) is 9.30. The maximum Gasteiger partial charge on any atom is 0.270 e. The number of aryl methyl sites for hydroxylation is 1. The van der Waals surface area contributed by atoms with E-state index in [0.717, 1.165) is 11.1 Å². The van der Waals surface area contributed by atoms with Crippen molar-refractivity contribution in [2.75, 3.05) is 9.62 Å². The summed E-state index contributed by atoms with van der Waals surface area (Å²) in [5.74, 6) is -0.535. The second-order valence-corrected chi connectivity index (χ2v) is 9.27. The van der Waals surface area contributed by atoms with Crippen LogP contribution < -0.4 is 9.62 Å². The lowest BCUT2D eigenvalue weighted by molar-refractivity contribution is 0.104. The van der Waals surface area contributed by atoms with Crippen molar-refractivity contribution in [3.8, 4) is 0 Å². The normalized spacial score (nSPS) is 16.4. The van der Waals surface area contributed by atoms with Crippen molar-refractivity contribution in [1.29, 1.82) is 0 Å². The minimum Gasteiger partial charge on any atom is -0.360 e. The molecule has 0 saturated carbocycles. The number of fused-ring (bicyclic) bond motifs is 1. The molecule has 7 heteroatoms. The number of carbonyl (C=O) groups excluding carboxylic acids is 1. The number of hydrogen-bond donors (Lipinski definition) is 1. The first-order valence-corrected chi connectivity index (χ1v) is 11.1. The first-order chi connectivity index (χ1) is 14.4. The molecule has 0 fully saturated rings. The Morgan fingerprint density at radius 2 is 1.73 bits per heavy atom. The first kappa shape index (κ1) is 20.2. The molecular formula is C23H19ClN2O3S. The molecule has 0 atom stereocenters. The lowest BCUT2D eigenvalue weighted by Gasteiger charge is -2.31. The fourth-order valence-electron chi connectivity index (χ4n) is 3.36. The third-order valence-electron chi connectivity index (χ3n) is 4.83. The summed E-state index contributed by atoms with van der Waals surface area (Å²) in [6, 6.07) is 21.2. The Morgan fingerprint density at radius 1 is 1.00 bits per heavy atom. The molecule has 0 spiro atoms. The maximum atomic E-state index is 13.4. The SMILES string of the molecule is Cc1cccc(CN2c3ccccc3C(=O)/C(=C/Nc3ccc(Cl)cc3)S2(=O)=O)c1. The number of benzene rings is 3. The molecular weight excluding hydrogens is 420 g/mol. The fourth-order valence-corrected chi connectivity index (χ4v) is 5.02. The van der Waals surface area contributed by atoms with Crippen LogP contribution in [-0.2, 0) is 16.6 Å². The molecule has 0 saturated heterocycles. The highest BCUT2D eigenvalue weighted by Crippen LogP contribution is 2.36. The Labute approximate surface area is 180 Å². The zero-order chi connectivity index (χ0) is 21.3. The van der Waals surface area contributed by atoms with Crippen LogP contribution in [0, 0.1) is 6.92 Å². The molecule has 4 rings (SSSR count). The molecule has 5 nitrogen and oxygen atoms in total. The molecule has 0 amide bonds. The summed E-state index contributed by atoms with van der Waals surface area (Å²) >= 11 is 5.89. The summed E-state index contributed by atoms with van der Waals surface area (Å²) in [5, 5.41) is 3.47. The van der Waals surface area contributed by atoms with Crippen molar-refractivity contribution < 1.29 is 13.2 Å². The van der Waals surface area contributed by atoms with E-state index >= 15 is 0 Å². The van der Waals surface area contributed by atoms with E-state index < -0.39 is 15.8 Å². The average Bonchev–Trinajstić information content (AvgIpc) is 2.72. The van der Waals surface area contributed by atoms with Crippen molar-refractivity contribution in [2.24, 2.45) is 0 Å². The number of nitrogens with one attached hydrogen (secondary N) is 1. The second kappa shape index (κ2) is 7.97. The summed E-state index contributed by atoms with van der Waals surface area (Å²) in [6.07, 6.45) is 1.25. The van der Waals surface area contributed by atoms with Gasteiger partial charge >= 0.3 is 0 Å². The summed E-state index contributed by atoms with van der Waals surface area (Å²) in [6.45, 7) is 2.08. The van der Waals surface area contributed by atoms with Crippen LogP contribution in [0.1, 0.15) is 21.5 Å². The molecule has 0 bridgehead atoms. The third kappa shape index (κ3) is 3.84. The van der Waals surface area contributed by atoms with Crippen molar-refractivity contribution >= 4 is 38.8 Å². The van der Waals surface area contributed by atoms with Crippen LogP contribution >= 0.6 is 11.6 Å². The zero-order valence-corrected chi connectivity index (χ0v) is 17.7. The lowest BCUT2D eigenvalue weighted by atomic mass is 10.1. The van der Waals surface area contributed by atoms with Gasteiger partial charge in [0.2, 0.25) is 5.78 Å². The number of sulfonamides is 1. The summed E-state index contributed by atoms with van der Waals surface area (Å²) < 4.78 is 28.1. The number of hydrogen-bond acceptors (Lipinski definition) is 4. The predicted octanol–water partition coefficient (Wildman–Crippen LogP) is 5.13. The van der Waals surface area contributed by atoms with Gasteiger partial charge in [0.1, 0.15) is 0 Å². The Kier molecular flexibility index (Phi) is 5.37. The van der Waals surface area contributed by atoms with E-state index in [4.69, 9.17) is 11.6 Å². The summed E-state index contributed by atoms with van der Waals surface area (Å²) in [4.78, 5) is 12.7. The molecule has 0 unspecified atom stereocenters. The largest absolute Gasteiger partial charge is 0.360 e. The van der Waals surface area contributed by atoms with Crippen LogP contribution in [0.5, 0.6) is 0 Å². The highest BCUT2D eigenvalue weighted by molar-refractivity contribution is 7.97. The topological polar surface area (TPSA) is 66.5 Å². The van der Waals surface area contributed by atoms with E-state index in [9.17, 15) is 13.2 Å². The number of ketones is 1. The highest BCUT2D eigenvalue weighted by atomic mass is 35.5. The fraction of sp³-hybridized carbons (Fsp3) is 0.0870. The number of Topliss-reactive ketones (excluding diaryl/α,β-unsaturated/α-hetero) is 1. The molecule has 0 aliphatic carbocycles. The second-order valence-electron chi connectivity index (χ2n) is 7.01. The van der Waals surface area contributed by atoms with Crippen molar-refractivity contribution in [3.63, 3.8) is 0 Å². The Balaban J connectivity index is 1.77. The number of halogens is 1. The minimum absolute atomic E-state index is 0.132. The number of allylic oxidation sites excluding steroid dienone is 1. The van der Waals surface area contributed by atoms with E-state index in [0.29, 0.717) is 22.0 Å². The van der Waals surface area contributed by atoms with Gasteiger partial charge in [-0.25, -0.2) is 8.42 Å². The van der Waals surface area contributed by atoms with Gasteiger partial charge in [-0.15, -0.1) is 0 Å². The van der Waals surface area contributed by atoms with Crippen molar-refractivity contribution in [3.05, 3.63) is 106 Å². The minimum atomic E-state index is -4.06. The van der Waals surface area contributed by atoms with Crippen LogP contribution in [0.25, 0.3) is 0 Å². The molecule has 0 aromatic heterocycles. The van der Waals surface area contributed by atoms with E-state index in [1.54, 1.807) is 48.5 Å². The number of anilines is 2. The zero-order valence-electron chi connectivity index (χ0n) is 16.2. The van der Waals surface area contributed by atoms with Gasteiger partial charge in [-0.2, -0.15) is 0 Å². The molecule has 0 radical (unpaired) electrons. The smallest absolute Gasteiger partial charge is 0.270 e. The Morgan fingerprint density at radius 3 is 2.47 bits per heavy atom. The molecule has 3 aromatic carbocycles. The van der Waals surface area contributed by atoms with Gasteiger partial charge in [-0.1, -0.05) is 53.6 Å². The van der Waals surface area contributed by atoms with Crippen LogP contribution in [-0.4, -0.2) is 14.2 Å². The van der Waals surface area contributed by atoms with Gasteiger partial charge in [0, 0.05) is 22.5 Å². The van der Waals surface area contributed by atoms with Gasteiger partial charge in [0.25, 0.3) is 10.0 Å². The third-order valence-corrected chi connectivity index (χ3v) is 6.85. The number of rotatable bonds is 4. The summed E-state index contributed by atoms with van der Waals surface area (Å²) in [7, 11) is -4.06. The van der Waals surface area contributed by atoms with E-state index in [1.165, 1.54) is 10.5 Å². The molecule has 1 heterocycles. The standard InChI is InChI=1S/C23H19ClN2O3S/c1-16-5-4-6-17(13-16)15-26-21-8-3-2-7-20(21)23(27)22(30(26,28)29)14-25-19-11-9-18(24)10-12-19/h2-14,25H,15H2,1H3/b22-14-. The number of nitrogens with zero attached hydrogens (tertiary/aromatic N) is 1. The maximum absolute atomic E-state index is 13.4. The van der Waals surface area contributed by atoms with Gasteiger partial charge in [-0.05, 0) is 48.9 Å². The molecule has 152 valence electrons. The molecule has 30 heavy (non-hydrogen) atoms. The number of para-hydroxylation sites is 1. The van der Waals surface area contributed by atoms with Crippen LogP contribution in [0.2, 0.25) is 5.02 Å². The lowest BCUT2D eigenvalue weighted by Crippen LogP contribution is -2.39. The van der Waals surface area contributed by atoms with E-state index in [1.807, 2.05) is 31.2 Å². The highest BCUT2D eigenvalue weighted by Gasteiger charge is 2.40. The predicted molar refractivity (Wildman–Crippen MR) is 120 cm³/mol. The molecule has 3 aromatic rings. The van der Waals surface area contributed by atoms with Gasteiger partial charge in [0.05, 0.1) is 12.2 Å². The quantitative estimate of drug-likeness (QED) is 0.573. The van der Waals surface area contributed by atoms with E-state index in [2.05, 4.69) is 5.32 Å². The van der Waals surface area contributed by atoms with Crippen molar-refractivity contribution in [1.82, 2.24) is 0 Å². The Bertz CT molecular complexity index is 1250. The molecule has 1 aliphatic rings. The summed E-state index contributed by atoms with van der Waals surface area (Å²) in [5.41, 5.74) is 3.23. The van der Waals surface area contributed by atoms with E-state index in [-0.39, 0.29) is 11.4 Å². The van der Waals surface area contributed by atoms with Crippen molar-refractivity contribution in [2.45, 2.75) is 13.5 Å². The van der Waals surface area contributed by atoms with Gasteiger partial charge < -0.3 is 5.32 Å². The molecule has 1 N–H and O–H groups in total. The monoisotopic (exact) mass is 438 g/mol. The van der Waals surface area contributed by atoms with Crippen LogP contribution in [0.15, 0.2) is 83.9 Å². The van der Waals surface area contributed by atoms with Crippen LogP contribution in [0.4, 0.5) is 11.4 Å². The van der Waals surface area contributed by atoms with Crippen LogP contribution in [0.3, 0.4) is 0 Å². The number of carbonyl (C=O) groups is 1. The Hall–Kier alpha value is -3.09.